The van der Waals surface area contributed by atoms with Crippen molar-refractivity contribution >= 4 is 13.6 Å². The summed E-state index contributed by atoms with van der Waals surface area (Å²) in [4.78, 5) is 21.6. The first-order chi connectivity index (χ1) is 18.0. The number of hydrogen-bond donors (Lipinski definition) is 1. The summed E-state index contributed by atoms with van der Waals surface area (Å²) < 4.78 is 29.2. The Hall–Kier alpha value is -1.40. The van der Waals surface area contributed by atoms with Gasteiger partial charge in [0.2, 0.25) is 0 Å². The van der Waals surface area contributed by atoms with Crippen LogP contribution in [-0.2, 0) is 25.0 Å². The first kappa shape index (κ1) is 34.6. The van der Waals surface area contributed by atoms with Crippen molar-refractivity contribution in [2.75, 3.05) is 47.1 Å². The van der Waals surface area contributed by atoms with Crippen molar-refractivity contribution in [3.63, 3.8) is 0 Å². The van der Waals surface area contributed by atoms with Crippen molar-refractivity contribution in [3.8, 4) is 5.75 Å². The van der Waals surface area contributed by atoms with Gasteiger partial charge in [-0.1, -0.05) is 89.7 Å². The largest absolute Gasteiger partial charge is 0.490 e. The Bertz CT molecular complexity index is 793. The number of rotatable bonds is 23. The second-order valence-electron chi connectivity index (χ2n) is 11.5. The number of quaternary nitrogens is 1. The van der Waals surface area contributed by atoms with Gasteiger partial charge in [0.05, 0.1) is 40.5 Å². The fraction of sp³-hybridized carbons (Fsp3) is 0.767. The molecule has 2 atom stereocenters. The molecule has 0 aliphatic rings. The number of unbranched alkanes of at least 4 members (excludes halogenated alkanes) is 11. The molecule has 2 unspecified atom stereocenters. The maximum absolute atomic E-state index is 12.3. The van der Waals surface area contributed by atoms with Crippen LogP contribution in [0.25, 0.3) is 0 Å². The van der Waals surface area contributed by atoms with Crippen LogP contribution in [0.1, 0.15) is 96.5 Å². The van der Waals surface area contributed by atoms with Gasteiger partial charge in [0.1, 0.15) is 12.4 Å². The first-order valence-electron chi connectivity index (χ1n) is 14.7. The minimum Gasteiger partial charge on any atom is -0.490 e. The summed E-state index contributed by atoms with van der Waals surface area (Å²) in [6.07, 6.45) is 16.5. The molecule has 0 aliphatic heterocycles. The fourth-order valence-corrected chi connectivity index (χ4v) is 5.53. The van der Waals surface area contributed by atoms with Gasteiger partial charge in [0.25, 0.3) is 0 Å². The molecule has 0 fully saturated rings. The van der Waals surface area contributed by atoms with E-state index < -0.39 is 19.7 Å². The summed E-state index contributed by atoms with van der Waals surface area (Å²) in [5.74, 6) is 0.178. The van der Waals surface area contributed by atoms with E-state index in [-0.39, 0.29) is 19.4 Å². The van der Waals surface area contributed by atoms with Gasteiger partial charge in [0.15, 0.2) is 6.10 Å². The van der Waals surface area contributed by atoms with Crippen LogP contribution in [0.4, 0.5) is 0 Å². The molecule has 0 radical (unpaired) electrons. The number of hydrogen-bond acceptors (Lipinski definition) is 5. The zero-order valence-electron chi connectivity index (χ0n) is 24.8. The zero-order chi connectivity index (χ0) is 28.3. The van der Waals surface area contributed by atoms with E-state index in [1.807, 2.05) is 33.3 Å². The molecule has 0 heterocycles. The van der Waals surface area contributed by atoms with Gasteiger partial charge in [-0.05, 0) is 30.5 Å². The maximum Gasteiger partial charge on any atom is 0.333 e. The fourth-order valence-electron chi connectivity index (χ4n) is 4.15. The molecule has 0 bridgehead atoms. The summed E-state index contributed by atoms with van der Waals surface area (Å²) >= 11 is 0. The number of nitrogens with zero attached hydrogens (tertiary/aromatic N) is 1. The third kappa shape index (κ3) is 19.6. The Kier molecular flexibility index (Phi) is 17.9. The zero-order valence-corrected chi connectivity index (χ0v) is 25.7. The van der Waals surface area contributed by atoms with Gasteiger partial charge in [0, 0.05) is 6.92 Å². The highest BCUT2D eigenvalue weighted by molar-refractivity contribution is 7.52. The molecule has 8 heteroatoms. The van der Waals surface area contributed by atoms with Crippen LogP contribution < -0.4 is 4.74 Å². The average Bonchev–Trinajstić information content (AvgIpc) is 2.85. The van der Waals surface area contributed by atoms with Crippen LogP contribution in [-0.4, -0.2) is 68.5 Å². The highest BCUT2D eigenvalue weighted by Gasteiger charge is 2.26. The normalized spacial score (nSPS) is 14.2. The number of carbonyl (C=O) groups excluding carboxylic acids is 1. The Labute approximate surface area is 232 Å². The summed E-state index contributed by atoms with van der Waals surface area (Å²) in [6, 6.07) is 7.97. The lowest BCUT2D eigenvalue weighted by atomic mass is 10.0. The van der Waals surface area contributed by atoms with Crippen LogP contribution in [0.2, 0.25) is 0 Å². The molecule has 38 heavy (non-hydrogen) atoms. The molecule has 7 nitrogen and oxygen atoms in total. The summed E-state index contributed by atoms with van der Waals surface area (Å²) in [6.45, 7) is 3.91. The average molecular weight is 557 g/mol. The molecule has 0 aromatic heterocycles. The molecular formula is C30H55NO6P+. The van der Waals surface area contributed by atoms with Gasteiger partial charge < -0.3 is 23.4 Å². The van der Waals surface area contributed by atoms with E-state index in [0.29, 0.717) is 16.8 Å². The van der Waals surface area contributed by atoms with E-state index in [1.165, 1.54) is 89.5 Å². The monoisotopic (exact) mass is 556 g/mol. The van der Waals surface area contributed by atoms with Gasteiger partial charge in [-0.25, -0.2) is 0 Å². The van der Waals surface area contributed by atoms with Crippen molar-refractivity contribution in [3.05, 3.63) is 29.8 Å². The van der Waals surface area contributed by atoms with Crippen LogP contribution in [0.3, 0.4) is 0 Å². The number of esters is 1. The van der Waals surface area contributed by atoms with Crippen LogP contribution in [0.5, 0.6) is 5.75 Å². The molecule has 1 rings (SSSR count). The number of ether oxygens (including phenoxy) is 2. The van der Waals surface area contributed by atoms with Crippen molar-refractivity contribution in [2.45, 2.75) is 103 Å². The van der Waals surface area contributed by atoms with Crippen molar-refractivity contribution in [2.24, 2.45) is 0 Å². The van der Waals surface area contributed by atoms with Gasteiger partial charge in [-0.2, -0.15) is 0 Å². The van der Waals surface area contributed by atoms with Crippen LogP contribution in [0, 0.1) is 0 Å². The summed E-state index contributed by atoms with van der Waals surface area (Å²) in [7, 11) is 2.05. The second kappa shape index (κ2) is 19.6. The van der Waals surface area contributed by atoms with Gasteiger partial charge in [-0.3, -0.25) is 9.36 Å². The molecule has 0 saturated heterocycles. The maximum atomic E-state index is 12.3. The quantitative estimate of drug-likeness (QED) is 0.0667. The van der Waals surface area contributed by atoms with E-state index in [4.69, 9.17) is 14.0 Å². The minimum atomic E-state index is -3.78. The van der Waals surface area contributed by atoms with E-state index in [9.17, 15) is 14.3 Å². The lowest BCUT2D eigenvalue weighted by Gasteiger charge is -2.25. The van der Waals surface area contributed by atoms with E-state index >= 15 is 0 Å². The smallest absolute Gasteiger partial charge is 0.333 e. The van der Waals surface area contributed by atoms with E-state index in [2.05, 4.69) is 19.1 Å². The molecule has 1 N–H and O–H groups in total. The molecule has 0 aliphatic carbocycles. The molecule has 1 aromatic rings. The second-order valence-corrected chi connectivity index (χ2v) is 13.5. The third-order valence-corrected chi connectivity index (χ3v) is 7.84. The minimum absolute atomic E-state index is 0.0325. The van der Waals surface area contributed by atoms with Crippen molar-refractivity contribution in [1.29, 1.82) is 0 Å². The van der Waals surface area contributed by atoms with Crippen LogP contribution >= 0.6 is 7.60 Å². The number of benzene rings is 1. The van der Waals surface area contributed by atoms with Gasteiger partial charge in [-0.15, -0.1) is 0 Å². The highest BCUT2D eigenvalue weighted by atomic mass is 31.2. The lowest BCUT2D eigenvalue weighted by Crippen LogP contribution is -2.37. The Morgan fingerprint density at radius 2 is 1.39 bits per heavy atom. The molecule has 0 saturated carbocycles. The molecular weight excluding hydrogens is 501 g/mol. The standard InChI is InChI=1S/C30H54NO6P/c1-6-7-8-9-10-11-12-13-14-15-16-17-18-28-19-21-29(22-20-28)35-25-30(37-27(2)32)26-36-38(33,34)24-23-31(3,4)5/h19-22,30H,6-18,23-26H2,1-5H3/p+1. The molecule has 220 valence electrons. The molecule has 0 spiro atoms. The van der Waals surface area contributed by atoms with E-state index in [1.54, 1.807) is 0 Å². The van der Waals surface area contributed by atoms with Crippen LogP contribution in [0.15, 0.2) is 24.3 Å². The predicted molar refractivity (Wildman–Crippen MR) is 156 cm³/mol. The third-order valence-electron chi connectivity index (χ3n) is 6.53. The van der Waals surface area contributed by atoms with Gasteiger partial charge >= 0.3 is 13.6 Å². The van der Waals surface area contributed by atoms with Crippen molar-refractivity contribution in [1.82, 2.24) is 0 Å². The van der Waals surface area contributed by atoms with Crippen molar-refractivity contribution < 1.29 is 32.7 Å². The Balaban J connectivity index is 2.27. The first-order valence-corrected chi connectivity index (χ1v) is 16.4. The molecule has 0 amide bonds. The summed E-state index contributed by atoms with van der Waals surface area (Å²) in [5.41, 5.74) is 1.28. The van der Waals surface area contributed by atoms with E-state index in [0.717, 1.165) is 6.42 Å². The molecule has 1 aromatic carbocycles. The number of carbonyl (C=O) groups is 1. The Morgan fingerprint density at radius 3 is 1.89 bits per heavy atom. The Morgan fingerprint density at radius 1 is 0.868 bits per heavy atom. The lowest BCUT2D eigenvalue weighted by molar-refractivity contribution is -0.867. The highest BCUT2D eigenvalue weighted by Crippen LogP contribution is 2.42. The summed E-state index contributed by atoms with van der Waals surface area (Å²) in [5, 5.41) is 0. The SMILES string of the molecule is CCCCCCCCCCCCCCc1ccc(OCC(COP(=O)(O)CC[N+](C)(C)C)OC(C)=O)cc1. The topological polar surface area (TPSA) is 82.1 Å². The number of aryl methyl sites for hydroxylation is 1. The predicted octanol–water partition coefficient (Wildman–Crippen LogP) is 7.15.